The van der Waals surface area contributed by atoms with Crippen molar-refractivity contribution in [2.45, 2.75) is 13.8 Å². The number of amides is 2. The largest absolute Gasteiger partial charge is 0.442 e. The monoisotopic (exact) mass is 467 g/mol. The lowest BCUT2D eigenvalue weighted by Crippen LogP contribution is -2.42. The molecule has 0 fully saturated rings. The van der Waals surface area contributed by atoms with Gasteiger partial charge in [-0.3, -0.25) is 25.2 Å². The summed E-state index contributed by atoms with van der Waals surface area (Å²) in [5, 5.41) is 0.688. The van der Waals surface area contributed by atoms with Gasteiger partial charge in [0, 0.05) is 18.0 Å². The fourth-order valence-electron chi connectivity index (χ4n) is 3.94. The number of hydrogen-bond acceptors (Lipinski definition) is 6. The first-order valence-electron chi connectivity index (χ1n) is 10.9. The molecule has 0 bridgehead atoms. The van der Waals surface area contributed by atoms with Crippen molar-refractivity contribution in [3.05, 3.63) is 93.7 Å². The number of rotatable bonds is 3. The zero-order chi connectivity index (χ0) is 24.7. The molecule has 0 atom stereocenters. The molecule has 174 valence electrons. The Morgan fingerprint density at radius 2 is 1.69 bits per heavy atom. The van der Waals surface area contributed by atoms with Crippen LogP contribution in [0.5, 0.6) is 0 Å². The number of carbonyl (C=O) groups excluding carboxylic acids is 2. The van der Waals surface area contributed by atoms with Crippen molar-refractivity contribution < 1.29 is 14.0 Å². The number of fused-ring (bicyclic) bond motifs is 2. The van der Waals surface area contributed by atoms with Gasteiger partial charge in [0.2, 0.25) is 5.71 Å². The van der Waals surface area contributed by atoms with Crippen molar-refractivity contribution in [2.24, 2.45) is 7.05 Å². The Morgan fingerprint density at radius 3 is 2.46 bits per heavy atom. The van der Waals surface area contributed by atoms with Gasteiger partial charge in [-0.2, -0.15) is 0 Å². The van der Waals surface area contributed by atoms with E-state index in [1.165, 1.54) is 17.9 Å². The smallest absolute Gasteiger partial charge is 0.274 e. The van der Waals surface area contributed by atoms with E-state index in [1.54, 1.807) is 19.1 Å². The number of hydrazine groups is 1. The summed E-state index contributed by atoms with van der Waals surface area (Å²) in [6.07, 6.45) is 1.32. The van der Waals surface area contributed by atoms with Gasteiger partial charge >= 0.3 is 0 Å². The second-order valence-corrected chi connectivity index (χ2v) is 8.22. The summed E-state index contributed by atoms with van der Waals surface area (Å²) < 4.78 is 6.72. The number of carbonyl (C=O) groups is 2. The van der Waals surface area contributed by atoms with Gasteiger partial charge in [-0.15, -0.1) is 0 Å². The molecule has 0 aliphatic rings. The molecule has 0 radical (unpaired) electrons. The van der Waals surface area contributed by atoms with Gasteiger partial charge in [0.1, 0.15) is 17.5 Å². The zero-order valence-electron chi connectivity index (χ0n) is 19.2. The van der Waals surface area contributed by atoms with E-state index in [1.807, 2.05) is 49.4 Å². The lowest BCUT2D eigenvalue weighted by molar-refractivity contribution is 0.0847. The van der Waals surface area contributed by atoms with E-state index in [0.717, 1.165) is 11.1 Å². The number of para-hydroxylation sites is 1. The lowest BCUT2D eigenvalue weighted by Gasteiger charge is -2.11. The molecular formula is C26H21N5O4. The van der Waals surface area contributed by atoms with Crippen molar-refractivity contribution in [1.82, 2.24) is 25.4 Å². The molecule has 0 spiro atoms. The Kier molecular flexibility index (Phi) is 5.37. The van der Waals surface area contributed by atoms with Crippen LogP contribution in [0.3, 0.4) is 0 Å². The van der Waals surface area contributed by atoms with Gasteiger partial charge in [0.05, 0.1) is 22.3 Å². The number of nitrogens with zero attached hydrogens (tertiary/aromatic N) is 3. The summed E-state index contributed by atoms with van der Waals surface area (Å²) in [5.41, 5.74) is 8.11. The van der Waals surface area contributed by atoms with Crippen molar-refractivity contribution in [3.63, 3.8) is 0 Å². The number of furan rings is 1. The first-order valence-corrected chi connectivity index (χ1v) is 10.9. The zero-order valence-corrected chi connectivity index (χ0v) is 19.2. The summed E-state index contributed by atoms with van der Waals surface area (Å²) >= 11 is 0. The SMILES string of the molecule is Cc1ccc(-c2cc(C(=O)NNC(=O)c3c(C)oc4ncn(C)c(=O)c34)c3ccccc3n2)cc1. The molecule has 5 aromatic rings. The molecule has 3 heterocycles. The Labute approximate surface area is 199 Å². The number of pyridine rings is 1. The maximum absolute atomic E-state index is 13.2. The van der Waals surface area contributed by atoms with Crippen LogP contribution in [0.4, 0.5) is 0 Å². The molecule has 2 aromatic carbocycles. The Bertz CT molecular complexity index is 1680. The topological polar surface area (TPSA) is 119 Å². The van der Waals surface area contributed by atoms with E-state index in [-0.39, 0.29) is 22.4 Å². The summed E-state index contributed by atoms with van der Waals surface area (Å²) in [7, 11) is 1.53. The molecule has 0 unspecified atom stereocenters. The molecule has 0 aliphatic carbocycles. The maximum atomic E-state index is 13.2. The molecule has 2 N–H and O–H groups in total. The molecule has 3 aromatic heterocycles. The van der Waals surface area contributed by atoms with Crippen molar-refractivity contribution >= 4 is 33.8 Å². The number of nitrogens with one attached hydrogen (secondary N) is 2. The molecule has 0 saturated carbocycles. The molecule has 0 aliphatic heterocycles. The number of benzene rings is 2. The van der Waals surface area contributed by atoms with Gasteiger partial charge in [-0.25, -0.2) is 9.97 Å². The van der Waals surface area contributed by atoms with Crippen LogP contribution >= 0.6 is 0 Å². The lowest BCUT2D eigenvalue weighted by atomic mass is 10.0. The minimum Gasteiger partial charge on any atom is -0.442 e. The Balaban J connectivity index is 1.48. The number of hydrogen-bond donors (Lipinski definition) is 2. The standard InChI is InChI=1S/C26H21N5O4/c1-14-8-10-16(11-9-14)20-12-18(17-6-4-5-7-19(17)28-20)23(32)29-30-24(33)21-15(2)35-25-22(21)26(34)31(3)13-27-25/h4-13H,1-3H3,(H,29,32)(H,30,33). The van der Waals surface area contributed by atoms with Crippen molar-refractivity contribution in [3.8, 4) is 11.3 Å². The second-order valence-electron chi connectivity index (χ2n) is 8.22. The minimum absolute atomic E-state index is 0.0222. The van der Waals surface area contributed by atoms with Crippen LogP contribution in [0.2, 0.25) is 0 Å². The average Bonchev–Trinajstić information content (AvgIpc) is 3.21. The summed E-state index contributed by atoms with van der Waals surface area (Å²) in [4.78, 5) is 47.4. The predicted molar refractivity (Wildman–Crippen MR) is 131 cm³/mol. The molecule has 0 saturated heterocycles. The fraction of sp³-hybridized carbons (Fsp3) is 0.115. The Hall–Kier alpha value is -4.79. The molecule has 9 nitrogen and oxygen atoms in total. The van der Waals surface area contributed by atoms with Crippen LogP contribution in [0.25, 0.3) is 33.3 Å². The van der Waals surface area contributed by atoms with E-state index >= 15 is 0 Å². The average molecular weight is 467 g/mol. The van der Waals surface area contributed by atoms with E-state index in [4.69, 9.17) is 9.40 Å². The van der Waals surface area contributed by atoms with Gasteiger partial charge < -0.3 is 8.98 Å². The van der Waals surface area contributed by atoms with Gasteiger partial charge in [-0.05, 0) is 26.0 Å². The minimum atomic E-state index is -0.684. The van der Waals surface area contributed by atoms with Crippen LogP contribution < -0.4 is 16.4 Å². The summed E-state index contributed by atoms with van der Waals surface area (Å²) in [6.45, 7) is 3.55. The third kappa shape index (κ3) is 3.93. The molecule has 5 rings (SSSR count). The van der Waals surface area contributed by atoms with Crippen LogP contribution in [-0.2, 0) is 7.05 Å². The van der Waals surface area contributed by atoms with Crippen LogP contribution in [-0.4, -0.2) is 26.3 Å². The Morgan fingerprint density at radius 1 is 0.971 bits per heavy atom. The fourth-order valence-corrected chi connectivity index (χ4v) is 3.94. The van der Waals surface area contributed by atoms with Crippen molar-refractivity contribution in [2.75, 3.05) is 0 Å². The van der Waals surface area contributed by atoms with Gasteiger partial charge in [0.25, 0.3) is 17.4 Å². The van der Waals surface area contributed by atoms with Crippen molar-refractivity contribution in [1.29, 1.82) is 0 Å². The summed E-state index contributed by atoms with van der Waals surface area (Å²) in [5.74, 6) is -0.989. The predicted octanol–water partition coefficient (Wildman–Crippen LogP) is 3.43. The van der Waals surface area contributed by atoms with E-state index in [0.29, 0.717) is 22.2 Å². The highest BCUT2D eigenvalue weighted by molar-refractivity contribution is 6.10. The van der Waals surface area contributed by atoms with E-state index < -0.39 is 17.4 Å². The van der Waals surface area contributed by atoms with Crippen LogP contribution in [0, 0.1) is 13.8 Å². The van der Waals surface area contributed by atoms with Gasteiger partial charge in [0.15, 0.2) is 0 Å². The van der Waals surface area contributed by atoms with E-state index in [9.17, 15) is 14.4 Å². The number of aromatic nitrogens is 3. The first-order chi connectivity index (χ1) is 16.8. The van der Waals surface area contributed by atoms with Crippen LogP contribution in [0.1, 0.15) is 32.0 Å². The quantitative estimate of drug-likeness (QED) is 0.393. The first kappa shape index (κ1) is 22.0. The highest BCUT2D eigenvalue weighted by Crippen LogP contribution is 2.25. The summed E-state index contributed by atoms with van der Waals surface area (Å²) in [6, 6.07) is 16.8. The molecule has 35 heavy (non-hydrogen) atoms. The highest BCUT2D eigenvalue weighted by atomic mass is 16.3. The number of aryl methyl sites for hydroxylation is 3. The molecular weight excluding hydrogens is 446 g/mol. The van der Waals surface area contributed by atoms with Crippen LogP contribution in [0.15, 0.2) is 70.1 Å². The molecule has 9 heteroatoms. The second kappa shape index (κ2) is 8.53. The molecule has 2 amide bonds. The third-order valence-electron chi connectivity index (χ3n) is 5.77. The third-order valence-corrected chi connectivity index (χ3v) is 5.77. The van der Waals surface area contributed by atoms with E-state index in [2.05, 4.69) is 15.8 Å². The highest BCUT2D eigenvalue weighted by Gasteiger charge is 2.23. The van der Waals surface area contributed by atoms with Gasteiger partial charge in [-0.1, -0.05) is 48.0 Å². The normalized spacial score (nSPS) is 11.1. The maximum Gasteiger partial charge on any atom is 0.274 e.